The van der Waals surface area contributed by atoms with Crippen LogP contribution in [-0.4, -0.2) is 19.2 Å². The molecule has 65 valence electrons. The van der Waals surface area contributed by atoms with Crippen molar-refractivity contribution >= 4 is 5.97 Å². The van der Waals surface area contributed by atoms with Crippen LogP contribution in [0.4, 0.5) is 0 Å². The van der Waals surface area contributed by atoms with Crippen LogP contribution >= 0.6 is 0 Å². The quantitative estimate of drug-likeness (QED) is 0.436. The predicted octanol–water partition coefficient (Wildman–Crippen LogP) is 1.54. The first-order chi connectivity index (χ1) is 5.31. The Morgan fingerprint density at radius 3 is 2.64 bits per heavy atom. The van der Waals surface area contributed by atoms with E-state index in [0.717, 1.165) is 12.8 Å². The summed E-state index contributed by atoms with van der Waals surface area (Å²) in [5.41, 5.74) is 0. The molecular formula is C8H15O3. The minimum absolute atomic E-state index is 0.166. The van der Waals surface area contributed by atoms with E-state index in [2.05, 4.69) is 0 Å². The zero-order valence-corrected chi connectivity index (χ0v) is 6.97. The van der Waals surface area contributed by atoms with Crippen molar-refractivity contribution in [3.05, 3.63) is 0 Å². The number of esters is 1. The first-order valence-corrected chi connectivity index (χ1v) is 4.05. The van der Waals surface area contributed by atoms with Crippen LogP contribution < -0.4 is 0 Å². The van der Waals surface area contributed by atoms with Crippen molar-refractivity contribution in [3.63, 3.8) is 0 Å². The van der Waals surface area contributed by atoms with Crippen LogP contribution in [0.25, 0.3) is 0 Å². The van der Waals surface area contributed by atoms with Crippen molar-refractivity contribution in [1.82, 2.24) is 0 Å². The van der Waals surface area contributed by atoms with Gasteiger partial charge in [0, 0.05) is 12.8 Å². The fourth-order valence-corrected chi connectivity index (χ4v) is 0.638. The van der Waals surface area contributed by atoms with Crippen molar-refractivity contribution < 1.29 is 14.6 Å². The Balaban J connectivity index is 3.09. The Hall–Kier alpha value is -0.570. The molecule has 0 unspecified atom stereocenters. The highest BCUT2D eigenvalue weighted by molar-refractivity contribution is 5.69. The molecule has 3 heteroatoms. The number of ether oxygens (including phenoxy) is 1. The molecule has 0 aliphatic carbocycles. The highest BCUT2D eigenvalue weighted by atomic mass is 16.5. The molecule has 0 heterocycles. The third kappa shape index (κ3) is 7.33. The zero-order chi connectivity index (χ0) is 8.53. The lowest BCUT2D eigenvalue weighted by Gasteiger charge is -2.01. The molecule has 0 aromatic heterocycles. The molecule has 0 saturated carbocycles. The maximum atomic E-state index is 10.8. The van der Waals surface area contributed by atoms with Crippen molar-refractivity contribution in [3.8, 4) is 0 Å². The van der Waals surface area contributed by atoms with Crippen molar-refractivity contribution in [2.45, 2.75) is 32.6 Å². The first kappa shape index (κ1) is 10.4. The van der Waals surface area contributed by atoms with Crippen molar-refractivity contribution in [1.29, 1.82) is 0 Å². The van der Waals surface area contributed by atoms with Gasteiger partial charge in [-0.15, -0.1) is 0 Å². The molecule has 0 N–H and O–H groups in total. The molecule has 0 aliphatic heterocycles. The van der Waals surface area contributed by atoms with Gasteiger partial charge < -0.3 is 4.74 Å². The summed E-state index contributed by atoms with van der Waals surface area (Å²) in [5.74, 6) is -0.180. The minimum atomic E-state index is -0.180. The van der Waals surface area contributed by atoms with Gasteiger partial charge in [-0.1, -0.05) is 13.3 Å². The maximum Gasteiger partial charge on any atom is 0.305 e. The van der Waals surface area contributed by atoms with E-state index in [9.17, 15) is 9.90 Å². The Bertz CT molecular complexity index is 102. The molecule has 0 bridgehead atoms. The molecular weight excluding hydrogens is 144 g/mol. The van der Waals surface area contributed by atoms with Crippen LogP contribution in [0.5, 0.6) is 0 Å². The fourth-order valence-electron chi connectivity index (χ4n) is 0.638. The molecule has 0 aromatic carbocycles. The number of hydrogen-bond acceptors (Lipinski definition) is 2. The fraction of sp³-hybridized carbons (Fsp3) is 0.875. The SMILES string of the molecule is CCCCC(=O)OCCC[O]. The summed E-state index contributed by atoms with van der Waals surface area (Å²) in [6.45, 7) is 2.14. The smallest absolute Gasteiger partial charge is 0.305 e. The standard InChI is InChI=1S/C8H15O3/c1-2-3-5-8(10)11-7-4-6-9/h2-7H2,1H3. The molecule has 0 aliphatic rings. The summed E-state index contributed by atoms with van der Waals surface area (Å²) in [5, 5.41) is 9.93. The van der Waals surface area contributed by atoms with Gasteiger partial charge in [-0.25, -0.2) is 5.11 Å². The molecule has 0 spiro atoms. The van der Waals surface area contributed by atoms with E-state index in [1.807, 2.05) is 6.92 Å². The molecule has 3 nitrogen and oxygen atoms in total. The van der Waals surface area contributed by atoms with Gasteiger partial charge in [0.1, 0.15) is 0 Å². The minimum Gasteiger partial charge on any atom is -0.466 e. The van der Waals surface area contributed by atoms with E-state index < -0.39 is 0 Å². The predicted molar refractivity (Wildman–Crippen MR) is 40.7 cm³/mol. The van der Waals surface area contributed by atoms with Gasteiger partial charge in [0.05, 0.1) is 13.2 Å². The highest BCUT2D eigenvalue weighted by Gasteiger charge is 1.99. The van der Waals surface area contributed by atoms with E-state index in [-0.39, 0.29) is 19.2 Å². The Morgan fingerprint density at radius 2 is 2.09 bits per heavy atom. The lowest BCUT2D eigenvalue weighted by molar-refractivity contribution is -0.144. The van der Waals surface area contributed by atoms with Crippen LogP contribution in [0, 0.1) is 0 Å². The van der Waals surface area contributed by atoms with Crippen LogP contribution in [-0.2, 0) is 14.6 Å². The normalized spacial score (nSPS) is 9.64. The van der Waals surface area contributed by atoms with Gasteiger partial charge in [-0.3, -0.25) is 4.79 Å². The Morgan fingerprint density at radius 1 is 1.36 bits per heavy atom. The van der Waals surface area contributed by atoms with Crippen LogP contribution in [0.3, 0.4) is 0 Å². The lowest BCUT2D eigenvalue weighted by atomic mass is 10.2. The second-order valence-electron chi connectivity index (χ2n) is 2.38. The molecule has 1 radical (unpaired) electrons. The first-order valence-electron chi connectivity index (χ1n) is 4.05. The van der Waals surface area contributed by atoms with Gasteiger partial charge in [-0.2, -0.15) is 0 Å². The molecule has 0 amide bonds. The van der Waals surface area contributed by atoms with Crippen LogP contribution in [0.1, 0.15) is 32.6 Å². The van der Waals surface area contributed by atoms with Crippen molar-refractivity contribution in [2.24, 2.45) is 0 Å². The van der Waals surface area contributed by atoms with Crippen LogP contribution in [0.15, 0.2) is 0 Å². The molecule has 11 heavy (non-hydrogen) atoms. The number of hydrogen-bond donors (Lipinski definition) is 0. The molecule has 0 fully saturated rings. The number of unbranched alkanes of at least 4 members (excludes halogenated alkanes) is 1. The number of carbonyl (C=O) groups excluding carboxylic acids is 1. The topological polar surface area (TPSA) is 46.2 Å². The summed E-state index contributed by atoms with van der Waals surface area (Å²) in [6.07, 6.45) is 2.78. The van der Waals surface area contributed by atoms with Gasteiger partial charge in [-0.05, 0) is 6.42 Å². The maximum absolute atomic E-state index is 10.8. The van der Waals surface area contributed by atoms with E-state index in [0.29, 0.717) is 12.8 Å². The molecule has 0 saturated heterocycles. The van der Waals surface area contributed by atoms with E-state index in [1.165, 1.54) is 0 Å². The van der Waals surface area contributed by atoms with Crippen molar-refractivity contribution in [2.75, 3.05) is 13.2 Å². The third-order valence-electron chi connectivity index (χ3n) is 1.29. The van der Waals surface area contributed by atoms with Gasteiger partial charge in [0.15, 0.2) is 0 Å². The average Bonchev–Trinajstić information content (AvgIpc) is 2.01. The molecule has 0 aromatic rings. The highest BCUT2D eigenvalue weighted by Crippen LogP contribution is 1.96. The Kier molecular flexibility index (Phi) is 7.15. The monoisotopic (exact) mass is 159 g/mol. The zero-order valence-electron chi connectivity index (χ0n) is 6.97. The molecule has 0 rings (SSSR count). The average molecular weight is 159 g/mol. The summed E-state index contributed by atoms with van der Waals surface area (Å²) >= 11 is 0. The second kappa shape index (κ2) is 7.54. The van der Waals surface area contributed by atoms with Gasteiger partial charge in [0.2, 0.25) is 0 Å². The molecule has 0 atom stereocenters. The van der Waals surface area contributed by atoms with E-state index in [1.54, 1.807) is 0 Å². The summed E-state index contributed by atoms with van der Waals surface area (Å²) < 4.78 is 4.75. The number of carbonyl (C=O) groups is 1. The van der Waals surface area contributed by atoms with E-state index >= 15 is 0 Å². The second-order valence-corrected chi connectivity index (χ2v) is 2.38. The lowest BCUT2D eigenvalue weighted by Crippen LogP contribution is -2.06. The van der Waals surface area contributed by atoms with Crippen LogP contribution in [0.2, 0.25) is 0 Å². The summed E-state index contributed by atoms with van der Waals surface area (Å²) in [7, 11) is 0. The summed E-state index contributed by atoms with van der Waals surface area (Å²) in [6, 6.07) is 0. The summed E-state index contributed by atoms with van der Waals surface area (Å²) in [4.78, 5) is 10.8. The Labute approximate surface area is 67.4 Å². The van der Waals surface area contributed by atoms with Gasteiger partial charge >= 0.3 is 5.97 Å². The van der Waals surface area contributed by atoms with E-state index in [4.69, 9.17) is 4.74 Å². The van der Waals surface area contributed by atoms with Gasteiger partial charge in [0.25, 0.3) is 0 Å². The largest absolute Gasteiger partial charge is 0.466 e. The third-order valence-corrected chi connectivity index (χ3v) is 1.29. The number of rotatable bonds is 6.